The molecule has 24 nitrogen and oxygen atoms in total. The molecule has 5 aliphatic heterocycles. The zero-order valence-corrected chi connectivity index (χ0v) is 40.2. The fourth-order valence-electron chi connectivity index (χ4n) is 9.41. The van der Waals surface area contributed by atoms with Gasteiger partial charge in [-0.3, -0.25) is 33.7 Å². The first kappa shape index (κ1) is 52.5. The second-order valence-electron chi connectivity index (χ2n) is 17.4. The number of carbonyl (C=O) groups is 7. The number of amides is 2. The Kier molecular flexibility index (Phi) is 16.5. The Morgan fingerprint density at radius 3 is 1.85 bits per heavy atom. The van der Waals surface area contributed by atoms with Crippen molar-refractivity contribution in [1.82, 2.24) is 4.90 Å². The number of ether oxygens (including phenoxy) is 13. The van der Waals surface area contributed by atoms with Crippen molar-refractivity contribution in [2.75, 3.05) is 20.3 Å². The van der Waals surface area contributed by atoms with Gasteiger partial charge in [0.2, 0.25) is 0 Å². The van der Waals surface area contributed by atoms with E-state index in [1.807, 2.05) is 0 Å². The quantitative estimate of drug-likeness (QED) is 0.0524. The molecule has 0 aliphatic carbocycles. The maximum Gasteiger partial charge on any atom is 0.338 e. The van der Waals surface area contributed by atoms with Gasteiger partial charge in [0.25, 0.3) is 11.8 Å². The molecule has 0 spiro atoms. The topological polar surface area (TPSA) is 291 Å². The van der Waals surface area contributed by atoms with Crippen LogP contribution in [0.25, 0.3) is 10.4 Å². The lowest BCUT2D eigenvalue weighted by Crippen LogP contribution is -2.71. The molecule has 3 aromatic carbocycles. The summed E-state index contributed by atoms with van der Waals surface area (Å²) in [7, 11) is 1.25. The Labute approximate surface area is 416 Å². The zero-order chi connectivity index (χ0) is 52.1. The molecule has 0 aromatic heterocycles. The predicted molar refractivity (Wildman–Crippen MR) is 241 cm³/mol. The van der Waals surface area contributed by atoms with Gasteiger partial charge in [0.1, 0.15) is 49.2 Å². The summed E-state index contributed by atoms with van der Waals surface area (Å²) in [5.74, 6) is -5.85. The SMILES string of the molecule is CO[C@@H]1O[C@@H](C)[C@H](OC(=O)c2ccccc2)[C@@H](O[C@@H]2O[C@@H]3CO[C@@H](c4ccccc4)O[C@H]3[C@H](OC(C)=O)[C@H]2N2C(=O)c3ccccc3C2=O)[C@H]1O[C@H]1O[C@H](COC(C)=O)[C@H](OC(C)=O)[C@H](OC(C)=O)[C@H]1N=[N+]=[N-]. The van der Waals surface area contributed by atoms with Crippen molar-refractivity contribution in [3.63, 3.8) is 0 Å². The van der Waals surface area contributed by atoms with E-state index in [2.05, 4.69) is 10.0 Å². The van der Waals surface area contributed by atoms with Crippen LogP contribution in [-0.4, -0.2) is 159 Å². The number of methoxy groups -OCH3 is 1. The van der Waals surface area contributed by atoms with Gasteiger partial charge >= 0.3 is 29.8 Å². The molecule has 8 rings (SSSR count). The van der Waals surface area contributed by atoms with E-state index in [1.54, 1.807) is 60.7 Å². The van der Waals surface area contributed by atoms with Gasteiger partial charge in [-0.15, -0.1) is 0 Å². The van der Waals surface area contributed by atoms with Crippen molar-refractivity contribution < 1.29 is 95.1 Å². The molecule has 0 bridgehead atoms. The molecule has 4 saturated heterocycles. The summed E-state index contributed by atoms with van der Waals surface area (Å²) >= 11 is 0. The van der Waals surface area contributed by atoms with Crippen LogP contribution in [0.2, 0.25) is 0 Å². The Hall–Kier alpha value is -6.86. The third-order valence-electron chi connectivity index (χ3n) is 12.5. The second-order valence-corrected chi connectivity index (χ2v) is 17.4. The molecule has 73 heavy (non-hydrogen) atoms. The molecule has 3 aromatic rings. The summed E-state index contributed by atoms with van der Waals surface area (Å²) < 4.78 is 80.0. The molecule has 0 saturated carbocycles. The molecule has 16 atom stereocenters. The summed E-state index contributed by atoms with van der Waals surface area (Å²) in [4.78, 5) is 97.6. The fraction of sp³-hybridized carbons (Fsp3) is 0.490. The standard InChI is InChI=1S/C49H52N4O20/c1-23-36(70-45(60)28-15-9-7-10-16-28)41(42(49(61-6)64-23)73-47-34(51-52-50)39(66-26(4)56)37(65-25(3)55)32(68-47)21-62-24(2)54)72-48-35(53-43(58)30-19-13-14-20-31(30)44(53)59)40(67-27(5)57)38-33(69-48)22-63-46(71-38)29-17-11-8-12-18-29/h7-20,23,32-42,46-49H,21-22H2,1-6H3/t23-,32+,33+,34+,35+,36-,37-,38+,39+,40+,41+,42+,46+,47+,48-,49+/m0/s1. The van der Waals surface area contributed by atoms with Crippen LogP contribution in [0.15, 0.2) is 90.0 Å². The van der Waals surface area contributed by atoms with E-state index in [0.29, 0.717) is 5.56 Å². The monoisotopic (exact) mass is 1020 g/mol. The average molecular weight is 1020 g/mol. The number of hydrogen-bond donors (Lipinski definition) is 0. The van der Waals surface area contributed by atoms with Crippen LogP contribution in [0, 0.1) is 0 Å². The molecule has 5 aliphatic rings. The number of benzene rings is 3. The summed E-state index contributed by atoms with van der Waals surface area (Å²) in [6.45, 7) is 5.07. The molecule has 4 fully saturated rings. The summed E-state index contributed by atoms with van der Waals surface area (Å²) in [6, 6.07) is 19.4. The number of carbonyl (C=O) groups excluding carboxylic acids is 7. The first-order valence-corrected chi connectivity index (χ1v) is 23.1. The molecular weight excluding hydrogens is 965 g/mol. The van der Waals surface area contributed by atoms with Crippen molar-refractivity contribution in [2.24, 2.45) is 5.11 Å². The highest BCUT2D eigenvalue weighted by Crippen LogP contribution is 2.42. The minimum absolute atomic E-state index is 0.0243. The van der Waals surface area contributed by atoms with E-state index in [-0.39, 0.29) is 23.3 Å². The van der Waals surface area contributed by atoms with Gasteiger partial charge in [-0.25, -0.2) is 4.79 Å². The highest BCUT2D eigenvalue weighted by atomic mass is 16.8. The van der Waals surface area contributed by atoms with Gasteiger partial charge in [0, 0.05) is 45.3 Å². The fourth-order valence-corrected chi connectivity index (χ4v) is 9.41. The molecular formula is C49H52N4O20. The Bertz CT molecular complexity index is 2550. The summed E-state index contributed by atoms with van der Waals surface area (Å²) in [5.41, 5.74) is 10.7. The van der Waals surface area contributed by atoms with Crippen molar-refractivity contribution in [3.8, 4) is 0 Å². The van der Waals surface area contributed by atoms with Crippen LogP contribution in [0.3, 0.4) is 0 Å². The molecule has 2 amide bonds. The largest absolute Gasteiger partial charge is 0.463 e. The number of hydrogen-bond acceptors (Lipinski definition) is 21. The predicted octanol–water partition coefficient (Wildman–Crippen LogP) is 3.64. The number of nitrogens with zero attached hydrogens (tertiary/aromatic N) is 4. The Morgan fingerprint density at radius 1 is 0.658 bits per heavy atom. The lowest BCUT2D eigenvalue weighted by molar-refractivity contribution is -0.388. The van der Waals surface area contributed by atoms with Gasteiger partial charge in [-0.2, -0.15) is 0 Å². The number of fused-ring (bicyclic) bond motifs is 2. The van der Waals surface area contributed by atoms with E-state index in [4.69, 9.17) is 61.6 Å². The number of azide groups is 1. The number of esters is 5. The lowest BCUT2D eigenvalue weighted by Gasteiger charge is -2.53. The van der Waals surface area contributed by atoms with E-state index in [9.17, 15) is 39.1 Å². The van der Waals surface area contributed by atoms with Crippen LogP contribution in [0.4, 0.5) is 0 Å². The highest BCUT2D eigenvalue weighted by molar-refractivity contribution is 6.21. The van der Waals surface area contributed by atoms with Crippen LogP contribution >= 0.6 is 0 Å². The van der Waals surface area contributed by atoms with Gasteiger partial charge in [-0.05, 0) is 36.7 Å². The van der Waals surface area contributed by atoms with Crippen molar-refractivity contribution in [3.05, 3.63) is 118 Å². The minimum Gasteiger partial charge on any atom is -0.463 e. The van der Waals surface area contributed by atoms with Crippen LogP contribution in [0.1, 0.15) is 77.5 Å². The molecule has 0 N–H and O–H groups in total. The van der Waals surface area contributed by atoms with Gasteiger partial charge in [0.05, 0.1) is 29.4 Å². The highest BCUT2D eigenvalue weighted by Gasteiger charge is 2.61. The van der Waals surface area contributed by atoms with Crippen LogP contribution in [-0.2, 0) is 80.8 Å². The van der Waals surface area contributed by atoms with E-state index in [0.717, 1.165) is 32.6 Å². The van der Waals surface area contributed by atoms with E-state index in [1.165, 1.54) is 38.3 Å². The maximum atomic E-state index is 14.6. The number of rotatable bonds is 15. The maximum absolute atomic E-state index is 14.6. The van der Waals surface area contributed by atoms with Gasteiger partial charge in [-0.1, -0.05) is 65.8 Å². The van der Waals surface area contributed by atoms with Crippen molar-refractivity contribution in [1.29, 1.82) is 0 Å². The molecule has 24 heteroatoms. The Balaban J connectivity index is 1.25. The summed E-state index contributed by atoms with van der Waals surface area (Å²) in [6.07, 6.45) is -20.8. The van der Waals surface area contributed by atoms with E-state index >= 15 is 0 Å². The van der Waals surface area contributed by atoms with Gasteiger partial charge < -0.3 is 61.6 Å². The first-order chi connectivity index (χ1) is 35.1. The Morgan fingerprint density at radius 2 is 1.25 bits per heavy atom. The molecule has 0 radical (unpaired) electrons. The van der Waals surface area contributed by atoms with Crippen LogP contribution in [0.5, 0.6) is 0 Å². The minimum atomic E-state index is -1.85. The summed E-state index contributed by atoms with van der Waals surface area (Å²) in [5, 5.41) is 3.84. The number of imide groups is 1. The molecule has 388 valence electrons. The third-order valence-corrected chi connectivity index (χ3v) is 12.5. The van der Waals surface area contributed by atoms with E-state index < -0.39 is 147 Å². The van der Waals surface area contributed by atoms with Gasteiger partial charge in [0.15, 0.2) is 49.6 Å². The van der Waals surface area contributed by atoms with Crippen molar-refractivity contribution >= 4 is 41.7 Å². The average Bonchev–Trinajstić information content (AvgIpc) is 3.62. The third kappa shape index (κ3) is 11.4. The molecule has 5 heterocycles. The first-order valence-electron chi connectivity index (χ1n) is 23.1. The molecule has 0 unspecified atom stereocenters. The lowest BCUT2D eigenvalue weighted by atomic mass is 9.93. The normalized spacial score (nSPS) is 32.7. The zero-order valence-electron chi connectivity index (χ0n) is 40.2. The smallest absolute Gasteiger partial charge is 0.338 e. The second kappa shape index (κ2) is 22.9. The van der Waals surface area contributed by atoms with Crippen molar-refractivity contribution in [2.45, 2.75) is 133 Å². The van der Waals surface area contributed by atoms with Crippen LogP contribution < -0.4 is 0 Å².